The van der Waals surface area contributed by atoms with Gasteiger partial charge in [-0.05, 0) is 29.8 Å². The van der Waals surface area contributed by atoms with Crippen LogP contribution < -0.4 is 4.74 Å². The molecule has 1 aromatic heterocycles. The molecule has 0 aliphatic heterocycles. The van der Waals surface area contributed by atoms with E-state index in [0.29, 0.717) is 17.4 Å². The van der Waals surface area contributed by atoms with Gasteiger partial charge in [0.1, 0.15) is 18.2 Å². The minimum atomic E-state index is -0.340. The largest absolute Gasteiger partial charge is 0.486 e. The third-order valence-corrected chi connectivity index (χ3v) is 4.83. The van der Waals surface area contributed by atoms with Crippen LogP contribution >= 0.6 is 23.4 Å². The number of halogens is 2. The molecular formula is C17H15ClFN3OS. The molecule has 0 unspecified atom stereocenters. The molecule has 0 radical (unpaired) electrons. The van der Waals surface area contributed by atoms with E-state index in [2.05, 4.69) is 10.2 Å². The number of nitrogens with zero attached hydrogens (tertiary/aromatic N) is 3. The number of hydrogen-bond donors (Lipinski definition) is 0. The number of hydrogen-bond acceptors (Lipinski definition) is 4. The number of thioether (sulfide) groups is 1. The van der Waals surface area contributed by atoms with Crippen molar-refractivity contribution in [2.75, 3.05) is 0 Å². The van der Waals surface area contributed by atoms with E-state index in [9.17, 15) is 4.39 Å². The first-order chi connectivity index (χ1) is 11.6. The minimum Gasteiger partial charge on any atom is -0.486 e. The van der Waals surface area contributed by atoms with Crippen LogP contribution in [0.15, 0.2) is 53.7 Å². The summed E-state index contributed by atoms with van der Waals surface area (Å²) >= 11 is 7.53. The highest BCUT2D eigenvalue weighted by atomic mass is 35.5. The molecule has 0 saturated heterocycles. The molecule has 24 heavy (non-hydrogen) atoms. The lowest BCUT2D eigenvalue weighted by atomic mass is 10.2. The van der Waals surface area contributed by atoms with Gasteiger partial charge in [-0.1, -0.05) is 47.6 Å². The van der Waals surface area contributed by atoms with Gasteiger partial charge in [-0.15, -0.1) is 10.2 Å². The van der Waals surface area contributed by atoms with Crippen LogP contribution in [0.3, 0.4) is 0 Å². The SMILES string of the molecule is Cn1c(COc2ccccc2)nnc1SCc1ccc(F)cc1Cl. The molecule has 0 fully saturated rings. The Hall–Kier alpha value is -2.05. The molecular weight excluding hydrogens is 349 g/mol. The van der Waals surface area contributed by atoms with Crippen molar-refractivity contribution in [3.05, 3.63) is 70.8 Å². The minimum absolute atomic E-state index is 0.339. The van der Waals surface area contributed by atoms with Crippen molar-refractivity contribution >= 4 is 23.4 Å². The van der Waals surface area contributed by atoms with Crippen LogP contribution in [-0.2, 0) is 19.4 Å². The van der Waals surface area contributed by atoms with Crippen LogP contribution in [0.4, 0.5) is 4.39 Å². The molecule has 0 atom stereocenters. The predicted molar refractivity (Wildman–Crippen MR) is 92.7 cm³/mol. The normalized spacial score (nSPS) is 10.8. The van der Waals surface area contributed by atoms with Gasteiger partial charge >= 0.3 is 0 Å². The number of ether oxygens (including phenoxy) is 1. The van der Waals surface area contributed by atoms with Gasteiger partial charge in [0.2, 0.25) is 0 Å². The first-order valence-corrected chi connectivity index (χ1v) is 8.62. The van der Waals surface area contributed by atoms with Crippen molar-refractivity contribution in [3.8, 4) is 5.75 Å². The molecule has 0 aliphatic carbocycles. The summed E-state index contributed by atoms with van der Waals surface area (Å²) in [6.45, 7) is 0.339. The molecule has 7 heteroatoms. The van der Waals surface area contributed by atoms with E-state index in [1.807, 2.05) is 41.9 Å². The van der Waals surface area contributed by atoms with Gasteiger partial charge in [-0.2, -0.15) is 0 Å². The molecule has 0 aliphatic rings. The second kappa shape index (κ2) is 7.68. The molecule has 0 amide bonds. The number of para-hydroxylation sites is 1. The van der Waals surface area contributed by atoms with Crippen LogP contribution in [0.5, 0.6) is 5.75 Å². The maximum Gasteiger partial charge on any atom is 0.191 e. The summed E-state index contributed by atoms with van der Waals surface area (Å²) in [4.78, 5) is 0. The van der Waals surface area contributed by atoms with Gasteiger partial charge in [0.25, 0.3) is 0 Å². The molecule has 0 saturated carbocycles. The van der Waals surface area contributed by atoms with Crippen LogP contribution in [0.1, 0.15) is 11.4 Å². The zero-order valence-electron chi connectivity index (χ0n) is 12.9. The van der Waals surface area contributed by atoms with Crippen molar-refractivity contribution in [2.45, 2.75) is 17.5 Å². The summed E-state index contributed by atoms with van der Waals surface area (Å²) < 4.78 is 20.6. The van der Waals surface area contributed by atoms with Crippen molar-refractivity contribution < 1.29 is 9.13 Å². The van der Waals surface area contributed by atoms with Crippen LogP contribution in [0.2, 0.25) is 5.02 Å². The molecule has 3 aromatic rings. The molecule has 124 valence electrons. The van der Waals surface area contributed by atoms with E-state index < -0.39 is 0 Å². The van der Waals surface area contributed by atoms with Crippen molar-refractivity contribution in [3.63, 3.8) is 0 Å². The Labute approximate surface area is 148 Å². The predicted octanol–water partition coefficient (Wildman–Crippen LogP) is 4.48. The fourth-order valence-corrected chi connectivity index (χ4v) is 3.29. The average molecular weight is 364 g/mol. The molecule has 0 spiro atoms. The van der Waals surface area contributed by atoms with Gasteiger partial charge in [-0.3, -0.25) is 0 Å². The van der Waals surface area contributed by atoms with E-state index >= 15 is 0 Å². The third-order valence-electron chi connectivity index (χ3n) is 3.41. The molecule has 0 bridgehead atoms. The molecule has 4 nitrogen and oxygen atoms in total. The molecule has 1 heterocycles. The summed E-state index contributed by atoms with van der Waals surface area (Å²) in [6, 6.07) is 13.9. The maximum absolute atomic E-state index is 13.1. The summed E-state index contributed by atoms with van der Waals surface area (Å²) in [5, 5.41) is 9.49. The summed E-state index contributed by atoms with van der Waals surface area (Å²) in [5.41, 5.74) is 0.855. The average Bonchev–Trinajstić information content (AvgIpc) is 2.93. The smallest absolute Gasteiger partial charge is 0.191 e. The lowest BCUT2D eigenvalue weighted by Crippen LogP contribution is -2.04. The highest BCUT2D eigenvalue weighted by Crippen LogP contribution is 2.26. The van der Waals surface area contributed by atoms with Crippen LogP contribution in [-0.4, -0.2) is 14.8 Å². The second-order valence-electron chi connectivity index (χ2n) is 5.08. The Morgan fingerprint density at radius 3 is 2.71 bits per heavy atom. The summed E-state index contributed by atoms with van der Waals surface area (Å²) in [5.74, 6) is 1.76. The second-order valence-corrected chi connectivity index (χ2v) is 6.43. The molecule has 2 aromatic carbocycles. The van der Waals surface area contributed by atoms with E-state index in [4.69, 9.17) is 16.3 Å². The lowest BCUT2D eigenvalue weighted by molar-refractivity contribution is 0.290. The Bertz CT molecular complexity index is 826. The number of benzene rings is 2. The number of aromatic nitrogens is 3. The third kappa shape index (κ3) is 4.07. The van der Waals surface area contributed by atoms with Gasteiger partial charge < -0.3 is 9.30 Å². The number of rotatable bonds is 6. The fourth-order valence-electron chi connectivity index (χ4n) is 2.04. The molecule has 0 N–H and O–H groups in total. The topological polar surface area (TPSA) is 39.9 Å². The van der Waals surface area contributed by atoms with E-state index in [1.165, 1.54) is 23.9 Å². The zero-order valence-corrected chi connectivity index (χ0v) is 14.5. The van der Waals surface area contributed by atoms with Crippen LogP contribution in [0.25, 0.3) is 0 Å². The Morgan fingerprint density at radius 2 is 1.96 bits per heavy atom. The van der Waals surface area contributed by atoms with E-state index in [-0.39, 0.29) is 5.82 Å². The summed E-state index contributed by atoms with van der Waals surface area (Å²) in [7, 11) is 1.89. The Kier molecular flexibility index (Phi) is 5.37. The quantitative estimate of drug-likeness (QED) is 0.605. The highest BCUT2D eigenvalue weighted by Gasteiger charge is 2.11. The van der Waals surface area contributed by atoms with E-state index in [1.54, 1.807) is 6.07 Å². The lowest BCUT2D eigenvalue weighted by Gasteiger charge is -2.07. The van der Waals surface area contributed by atoms with Gasteiger partial charge in [-0.25, -0.2) is 4.39 Å². The zero-order chi connectivity index (χ0) is 16.9. The van der Waals surface area contributed by atoms with Crippen molar-refractivity contribution in [2.24, 2.45) is 7.05 Å². The van der Waals surface area contributed by atoms with Gasteiger partial charge in [0.15, 0.2) is 11.0 Å². The first-order valence-electron chi connectivity index (χ1n) is 7.26. The molecule has 3 rings (SSSR count). The van der Waals surface area contributed by atoms with Gasteiger partial charge in [0.05, 0.1) is 0 Å². The van der Waals surface area contributed by atoms with Gasteiger partial charge in [0, 0.05) is 17.8 Å². The monoisotopic (exact) mass is 363 g/mol. The van der Waals surface area contributed by atoms with Crippen molar-refractivity contribution in [1.82, 2.24) is 14.8 Å². The van der Waals surface area contributed by atoms with Crippen molar-refractivity contribution in [1.29, 1.82) is 0 Å². The maximum atomic E-state index is 13.1. The highest BCUT2D eigenvalue weighted by molar-refractivity contribution is 7.98. The first kappa shape index (κ1) is 16.8. The van der Waals surface area contributed by atoms with E-state index in [0.717, 1.165) is 22.3 Å². The fraction of sp³-hybridized carbons (Fsp3) is 0.176. The van der Waals surface area contributed by atoms with Crippen LogP contribution in [0, 0.1) is 5.82 Å². The summed E-state index contributed by atoms with van der Waals surface area (Å²) in [6.07, 6.45) is 0. The standard InChI is InChI=1S/C17H15ClFN3OS/c1-22-16(10-23-14-5-3-2-4-6-14)20-21-17(22)24-11-12-7-8-13(19)9-15(12)18/h2-9H,10-11H2,1H3. The Morgan fingerprint density at radius 1 is 1.17 bits per heavy atom. The Balaban J connectivity index is 1.62.